The molecule has 0 radical (unpaired) electrons. The molecule has 3 aromatic rings. The summed E-state index contributed by atoms with van der Waals surface area (Å²) in [6, 6.07) is 21.3. The predicted molar refractivity (Wildman–Crippen MR) is 99.6 cm³/mol. The number of hydrazone groups is 1. The van der Waals surface area contributed by atoms with E-state index in [2.05, 4.69) is 15.8 Å². The number of benzene rings is 3. The largest absolute Gasteiger partial charge is 0.376 e. The molecule has 3 rings (SSSR count). The molecule has 2 N–H and O–H groups in total. The lowest BCUT2D eigenvalue weighted by Gasteiger charge is -2.08. The Kier molecular flexibility index (Phi) is 5.08. The number of anilines is 1. The first kappa shape index (κ1) is 16.0. The zero-order valence-corrected chi connectivity index (χ0v) is 13.6. The number of fused-ring (bicyclic) bond motifs is 1. The molecular formula is C19H16ClN3O. The maximum Gasteiger partial charge on any atom is 0.259 e. The lowest BCUT2D eigenvalue weighted by Crippen LogP contribution is -2.25. The number of hydrogen-bond acceptors (Lipinski definition) is 3. The van der Waals surface area contributed by atoms with Crippen molar-refractivity contribution in [2.24, 2.45) is 5.10 Å². The molecule has 0 aliphatic carbocycles. The Hall–Kier alpha value is -2.85. The molecule has 0 aliphatic rings. The van der Waals surface area contributed by atoms with E-state index in [0.29, 0.717) is 5.02 Å². The molecule has 3 aromatic carbocycles. The van der Waals surface area contributed by atoms with Gasteiger partial charge < -0.3 is 5.32 Å². The second-order valence-electron chi connectivity index (χ2n) is 5.19. The highest BCUT2D eigenvalue weighted by molar-refractivity contribution is 6.33. The van der Waals surface area contributed by atoms with Gasteiger partial charge in [-0.3, -0.25) is 4.79 Å². The van der Waals surface area contributed by atoms with Crippen molar-refractivity contribution in [1.29, 1.82) is 0 Å². The van der Waals surface area contributed by atoms with Crippen LogP contribution < -0.4 is 10.7 Å². The summed E-state index contributed by atoms with van der Waals surface area (Å²) >= 11 is 6.02. The van der Waals surface area contributed by atoms with Gasteiger partial charge in [0.1, 0.15) is 0 Å². The molecule has 0 spiro atoms. The SMILES string of the molecule is O=C(CNc1cccc2ccccc12)N/N=C/c1ccccc1Cl. The fourth-order valence-electron chi connectivity index (χ4n) is 2.35. The normalized spacial score (nSPS) is 10.9. The molecule has 4 nitrogen and oxygen atoms in total. The molecule has 120 valence electrons. The number of amides is 1. The van der Waals surface area contributed by atoms with Crippen molar-refractivity contribution in [2.45, 2.75) is 0 Å². The topological polar surface area (TPSA) is 53.5 Å². The van der Waals surface area contributed by atoms with Crippen LogP contribution in [0.4, 0.5) is 5.69 Å². The van der Waals surface area contributed by atoms with Crippen LogP contribution in [0.5, 0.6) is 0 Å². The first-order valence-corrected chi connectivity index (χ1v) is 7.90. The van der Waals surface area contributed by atoms with Gasteiger partial charge in [0, 0.05) is 21.7 Å². The highest BCUT2D eigenvalue weighted by atomic mass is 35.5. The molecule has 5 heteroatoms. The minimum absolute atomic E-state index is 0.133. The zero-order valence-electron chi connectivity index (χ0n) is 12.9. The van der Waals surface area contributed by atoms with E-state index < -0.39 is 0 Å². The van der Waals surface area contributed by atoms with E-state index in [4.69, 9.17) is 11.6 Å². The molecule has 0 heterocycles. The molecule has 0 fully saturated rings. The van der Waals surface area contributed by atoms with Gasteiger partial charge in [-0.1, -0.05) is 66.2 Å². The molecule has 24 heavy (non-hydrogen) atoms. The molecule has 0 aromatic heterocycles. The van der Waals surface area contributed by atoms with Crippen LogP contribution in [0.3, 0.4) is 0 Å². The predicted octanol–water partition coefficient (Wildman–Crippen LogP) is 4.06. The lowest BCUT2D eigenvalue weighted by molar-refractivity contribution is -0.119. The summed E-state index contributed by atoms with van der Waals surface area (Å²) < 4.78 is 0. The first-order valence-electron chi connectivity index (χ1n) is 7.52. The summed E-state index contributed by atoms with van der Waals surface area (Å²) in [6.45, 7) is 0.133. The molecule has 0 unspecified atom stereocenters. The van der Waals surface area contributed by atoms with Crippen molar-refractivity contribution in [2.75, 3.05) is 11.9 Å². The fourth-order valence-corrected chi connectivity index (χ4v) is 2.53. The number of nitrogens with one attached hydrogen (secondary N) is 2. The number of hydrogen-bond donors (Lipinski definition) is 2. The minimum Gasteiger partial charge on any atom is -0.376 e. The lowest BCUT2D eigenvalue weighted by atomic mass is 10.1. The third-order valence-electron chi connectivity index (χ3n) is 3.53. The molecular weight excluding hydrogens is 322 g/mol. The van der Waals surface area contributed by atoms with Gasteiger partial charge in [0.15, 0.2) is 0 Å². The van der Waals surface area contributed by atoms with Crippen LogP contribution in [0.25, 0.3) is 10.8 Å². The molecule has 0 saturated carbocycles. The number of rotatable bonds is 5. The van der Waals surface area contributed by atoms with E-state index in [1.54, 1.807) is 6.07 Å². The van der Waals surface area contributed by atoms with Gasteiger partial charge in [0.2, 0.25) is 0 Å². The Labute approximate surface area is 145 Å². The standard InChI is InChI=1S/C19H16ClN3O/c20-17-10-4-2-7-15(17)12-22-23-19(24)13-21-18-11-5-8-14-6-1-3-9-16(14)18/h1-12,21H,13H2,(H,23,24)/b22-12+. The Morgan fingerprint density at radius 1 is 1.00 bits per heavy atom. The summed E-state index contributed by atoms with van der Waals surface area (Å²) in [5.41, 5.74) is 4.15. The van der Waals surface area contributed by atoms with Gasteiger partial charge >= 0.3 is 0 Å². The van der Waals surface area contributed by atoms with E-state index >= 15 is 0 Å². The summed E-state index contributed by atoms with van der Waals surface area (Å²) in [7, 11) is 0. The van der Waals surface area contributed by atoms with Crippen molar-refractivity contribution in [3.8, 4) is 0 Å². The average molecular weight is 338 g/mol. The van der Waals surface area contributed by atoms with Crippen molar-refractivity contribution in [3.05, 3.63) is 77.3 Å². The highest BCUT2D eigenvalue weighted by Gasteiger charge is 2.03. The minimum atomic E-state index is -0.230. The Balaban J connectivity index is 1.58. The van der Waals surface area contributed by atoms with Gasteiger partial charge in [-0.15, -0.1) is 0 Å². The Morgan fingerprint density at radius 3 is 2.62 bits per heavy atom. The average Bonchev–Trinajstić information content (AvgIpc) is 2.61. The third kappa shape index (κ3) is 3.91. The maximum absolute atomic E-state index is 11.9. The van der Waals surface area contributed by atoms with Crippen LogP contribution in [-0.2, 0) is 4.79 Å². The van der Waals surface area contributed by atoms with Crippen LogP contribution in [0, 0.1) is 0 Å². The maximum atomic E-state index is 11.9. The number of halogens is 1. The van der Waals surface area contributed by atoms with Crippen LogP contribution in [0.2, 0.25) is 5.02 Å². The number of carbonyl (C=O) groups is 1. The summed E-state index contributed by atoms with van der Waals surface area (Å²) in [6.07, 6.45) is 1.53. The van der Waals surface area contributed by atoms with Crippen molar-refractivity contribution in [3.63, 3.8) is 0 Å². The van der Waals surface area contributed by atoms with Crippen molar-refractivity contribution >= 4 is 40.2 Å². The van der Waals surface area contributed by atoms with Gasteiger partial charge in [0.05, 0.1) is 12.8 Å². The van der Waals surface area contributed by atoms with Crippen LogP contribution in [0.15, 0.2) is 71.8 Å². The van der Waals surface area contributed by atoms with E-state index in [1.807, 2.05) is 60.7 Å². The molecule has 0 atom stereocenters. The summed E-state index contributed by atoms with van der Waals surface area (Å²) in [5, 5.41) is 9.85. The smallest absolute Gasteiger partial charge is 0.259 e. The van der Waals surface area contributed by atoms with Gasteiger partial charge in [0.25, 0.3) is 5.91 Å². The number of carbonyl (C=O) groups excluding carboxylic acids is 1. The van der Waals surface area contributed by atoms with Gasteiger partial charge in [-0.05, 0) is 17.5 Å². The zero-order chi connectivity index (χ0) is 16.8. The van der Waals surface area contributed by atoms with Gasteiger partial charge in [-0.2, -0.15) is 5.10 Å². The number of nitrogens with zero attached hydrogens (tertiary/aromatic N) is 1. The van der Waals surface area contributed by atoms with E-state index in [0.717, 1.165) is 22.0 Å². The molecule has 0 bridgehead atoms. The van der Waals surface area contributed by atoms with Gasteiger partial charge in [-0.25, -0.2) is 5.43 Å². The Bertz CT molecular complexity index is 887. The van der Waals surface area contributed by atoms with Crippen LogP contribution >= 0.6 is 11.6 Å². The van der Waals surface area contributed by atoms with E-state index in [1.165, 1.54) is 6.21 Å². The molecule has 0 saturated heterocycles. The third-order valence-corrected chi connectivity index (χ3v) is 3.87. The van der Waals surface area contributed by atoms with Crippen LogP contribution in [0.1, 0.15) is 5.56 Å². The molecule has 1 amide bonds. The monoisotopic (exact) mass is 337 g/mol. The Morgan fingerprint density at radius 2 is 1.75 bits per heavy atom. The summed E-state index contributed by atoms with van der Waals surface area (Å²) in [5.74, 6) is -0.230. The quantitative estimate of drug-likeness (QED) is 0.545. The van der Waals surface area contributed by atoms with Crippen LogP contribution in [-0.4, -0.2) is 18.7 Å². The van der Waals surface area contributed by atoms with E-state index in [9.17, 15) is 4.79 Å². The fraction of sp³-hybridized carbons (Fsp3) is 0.0526. The van der Waals surface area contributed by atoms with Crippen molar-refractivity contribution in [1.82, 2.24) is 5.43 Å². The van der Waals surface area contributed by atoms with Crippen molar-refractivity contribution < 1.29 is 4.79 Å². The first-order chi connectivity index (χ1) is 11.7. The second-order valence-corrected chi connectivity index (χ2v) is 5.60. The molecule has 0 aliphatic heterocycles. The highest BCUT2D eigenvalue weighted by Crippen LogP contribution is 2.22. The van der Waals surface area contributed by atoms with E-state index in [-0.39, 0.29) is 12.5 Å². The summed E-state index contributed by atoms with van der Waals surface area (Å²) in [4.78, 5) is 11.9. The second kappa shape index (κ2) is 7.62.